The van der Waals surface area contributed by atoms with Gasteiger partial charge in [0.1, 0.15) is 5.15 Å². The van der Waals surface area contributed by atoms with Gasteiger partial charge in [-0.3, -0.25) is 0 Å². The molecular weight excluding hydrogens is 263 g/mol. The molecule has 0 aliphatic carbocycles. The number of thiophene rings is 1. The third-order valence-electron chi connectivity index (χ3n) is 2.05. The van der Waals surface area contributed by atoms with Crippen molar-refractivity contribution in [2.45, 2.75) is 13.1 Å². The highest BCUT2D eigenvalue weighted by Crippen LogP contribution is 2.21. The molecule has 0 atom stereocenters. The number of hydrogen-bond acceptors (Lipinski definition) is 3. The molecule has 0 fully saturated rings. The van der Waals surface area contributed by atoms with Crippen molar-refractivity contribution in [1.82, 2.24) is 10.3 Å². The molecule has 0 unspecified atom stereocenters. The van der Waals surface area contributed by atoms with Crippen LogP contribution in [0.3, 0.4) is 0 Å². The van der Waals surface area contributed by atoms with E-state index in [1.54, 1.807) is 23.6 Å². The fourth-order valence-electron chi connectivity index (χ4n) is 1.29. The lowest BCUT2D eigenvalue weighted by Gasteiger charge is -2.02. The van der Waals surface area contributed by atoms with Gasteiger partial charge in [-0.05, 0) is 23.8 Å². The van der Waals surface area contributed by atoms with Crippen LogP contribution < -0.4 is 5.32 Å². The highest BCUT2D eigenvalue weighted by atomic mass is 35.5. The van der Waals surface area contributed by atoms with Crippen LogP contribution in [0.25, 0.3) is 0 Å². The van der Waals surface area contributed by atoms with Crippen LogP contribution in [0.4, 0.5) is 0 Å². The Bertz CT molecular complexity index is 453. The molecule has 0 aliphatic rings. The second kappa shape index (κ2) is 5.64. The normalized spacial score (nSPS) is 10.6. The molecule has 84 valence electrons. The number of aromatic nitrogens is 1. The fourth-order valence-corrected chi connectivity index (χ4v) is 2.46. The predicted octanol–water partition coefficient (Wildman–Crippen LogP) is 3.74. The molecule has 0 saturated heterocycles. The minimum absolute atomic E-state index is 0.522. The van der Waals surface area contributed by atoms with Crippen LogP contribution in [0.1, 0.15) is 10.4 Å². The van der Waals surface area contributed by atoms with Crippen LogP contribution >= 0.6 is 34.5 Å². The average Bonchev–Trinajstić information content (AvgIpc) is 2.67. The van der Waals surface area contributed by atoms with Gasteiger partial charge in [-0.15, -0.1) is 11.3 Å². The van der Waals surface area contributed by atoms with Crippen molar-refractivity contribution in [2.75, 3.05) is 0 Å². The Morgan fingerprint density at radius 1 is 1.12 bits per heavy atom. The molecule has 0 saturated carbocycles. The van der Waals surface area contributed by atoms with E-state index in [9.17, 15) is 0 Å². The topological polar surface area (TPSA) is 24.9 Å². The second-order valence-corrected chi connectivity index (χ2v) is 5.49. The standard InChI is InChI=1S/C11H10Cl2N2S/c12-10-3-1-8(6-15-10)5-14-7-9-2-4-11(13)16-9/h1-4,6,14H,5,7H2. The van der Waals surface area contributed by atoms with E-state index in [1.807, 2.05) is 18.2 Å². The molecule has 16 heavy (non-hydrogen) atoms. The van der Waals surface area contributed by atoms with Crippen LogP contribution in [-0.4, -0.2) is 4.98 Å². The van der Waals surface area contributed by atoms with E-state index >= 15 is 0 Å². The highest BCUT2D eigenvalue weighted by Gasteiger charge is 1.98. The van der Waals surface area contributed by atoms with E-state index in [0.717, 1.165) is 23.0 Å². The average molecular weight is 273 g/mol. The fraction of sp³-hybridized carbons (Fsp3) is 0.182. The Labute approximate surface area is 108 Å². The largest absolute Gasteiger partial charge is 0.308 e. The predicted molar refractivity (Wildman–Crippen MR) is 69.1 cm³/mol. The summed E-state index contributed by atoms with van der Waals surface area (Å²) in [5.74, 6) is 0. The number of nitrogens with zero attached hydrogens (tertiary/aromatic N) is 1. The van der Waals surface area contributed by atoms with Gasteiger partial charge in [-0.25, -0.2) is 4.98 Å². The molecule has 0 bridgehead atoms. The Balaban J connectivity index is 1.82. The monoisotopic (exact) mass is 272 g/mol. The highest BCUT2D eigenvalue weighted by molar-refractivity contribution is 7.16. The molecule has 2 rings (SSSR count). The van der Waals surface area contributed by atoms with Gasteiger partial charge in [0.25, 0.3) is 0 Å². The molecule has 0 radical (unpaired) electrons. The summed E-state index contributed by atoms with van der Waals surface area (Å²) in [6, 6.07) is 7.69. The van der Waals surface area contributed by atoms with Gasteiger partial charge in [-0.1, -0.05) is 29.3 Å². The van der Waals surface area contributed by atoms with Crippen LogP contribution in [0.2, 0.25) is 9.49 Å². The van der Waals surface area contributed by atoms with Crippen LogP contribution in [-0.2, 0) is 13.1 Å². The summed E-state index contributed by atoms with van der Waals surface area (Å²) in [6.07, 6.45) is 1.77. The first-order valence-electron chi connectivity index (χ1n) is 4.79. The first-order chi connectivity index (χ1) is 7.74. The zero-order valence-corrected chi connectivity index (χ0v) is 10.7. The van der Waals surface area contributed by atoms with Gasteiger partial charge in [0.05, 0.1) is 4.34 Å². The minimum atomic E-state index is 0.522. The Morgan fingerprint density at radius 2 is 2.00 bits per heavy atom. The Morgan fingerprint density at radius 3 is 2.62 bits per heavy atom. The molecule has 2 heterocycles. The summed E-state index contributed by atoms with van der Waals surface area (Å²) >= 11 is 13.1. The third kappa shape index (κ3) is 3.46. The van der Waals surface area contributed by atoms with E-state index in [-0.39, 0.29) is 0 Å². The Hall–Kier alpha value is -0.610. The zero-order valence-electron chi connectivity index (χ0n) is 8.41. The maximum atomic E-state index is 5.84. The van der Waals surface area contributed by atoms with E-state index in [1.165, 1.54) is 4.88 Å². The summed E-state index contributed by atoms with van der Waals surface area (Å²) in [7, 11) is 0. The molecular formula is C11H10Cl2N2S. The minimum Gasteiger partial charge on any atom is -0.308 e. The lowest BCUT2D eigenvalue weighted by Crippen LogP contribution is -2.11. The van der Waals surface area contributed by atoms with Crippen LogP contribution in [0, 0.1) is 0 Å². The number of halogens is 2. The third-order valence-corrected chi connectivity index (χ3v) is 3.50. The molecule has 0 aliphatic heterocycles. The van der Waals surface area contributed by atoms with Crippen molar-refractivity contribution >= 4 is 34.5 Å². The SMILES string of the molecule is Clc1ccc(CNCc2ccc(Cl)s2)cn1. The number of hydrogen-bond donors (Lipinski definition) is 1. The van der Waals surface area contributed by atoms with E-state index in [2.05, 4.69) is 10.3 Å². The summed E-state index contributed by atoms with van der Waals surface area (Å²) in [5.41, 5.74) is 1.12. The lowest BCUT2D eigenvalue weighted by atomic mass is 10.3. The number of nitrogens with one attached hydrogen (secondary N) is 1. The summed E-state index contributed by atoms with van der Waals surface area (Å²) in [6.45, 7) is 1.60. The van der Waals surface area contributed by atoms with Crippen molar-refractivity contribution in [3.05, 3.63) is 50.4 Å². The van der Waals surface area contributed by atoms with Gasteiger partial charge in [0.15, 0.2) is 0 Å². The van der Waals surface area contributed by atoms with Crippen molar-refractivity contribution in [3.8, 4) is 0 Å². The quantitative estimate of drug-likeness (QED) is 0.858. The summed E-state index contributed by atoms with van der Waals surface area (Å²) in [5, 5.41) is 3.84. The van der Waals surface area contributed by atoms with Gasteiger partial charge < -0.3 is 5.32 Å². The van der Waals surface area contributed by atoms with Gasteiger partial charge >= 0.3 is 0 Å². The summed E-state index contributed by atoms with van der Waals surface area (Å²) in [4.78, 5) is 5.24. The maximum Gasteiger partial charge on any atom is 0.129 e. The number of pyridine rings is 1. The molecule has 5 heteroatoms. The Kier molecular flexibility index (Phi) is 4.18. The van der Waals surface area contributed by atoms with Crippen molar-refractivity contribution < 1.29 is 0 Å². The van der Waals surface area contributed by atoms with E-state index < -0.39 is 0 Å². The first-order valence-corrected chi connectivity index (χ1v) is 6.36. The van der Waals surface area contributed by atoms with Crippen LogP contribution in [0.15, 0.2) is 30.5 Å². The first kappa shape index (κ1) is 11.9. The van der Waals surface area contributed by atoms with Crippen LogP contribution in [0.5, 0.6) is 0 Å². The summed E-state index contributed by atoms with van der Waals surface area (Å²) < 4.78 is 0.824. The molecule has 2 aromatic heterocycles. The van der Waals surface area contributed by atoms with Gasteiger partial charge in [0.2, 0.25) is 0 Å². The molecule has 0 amide bonds. The van der Waals surface area contributed by atoms with Gasteiger partial charge in [0, 0.05) is 24.2 Å². The van der Waals surface area contributed by atoms with Crippen molar-refractivity contribution in [1.29, 1.82) is 0 Å². The second-order valence-electron chi connectivity index (χ2n) is 3.30. The molecule has 0 aromatic carbocycles. The molecule has 0 spiro atoms. The zero-order chi connectivity index (χ0) is 11.4. The maximum absolute atomic E-state index is 5.84. The van der Waals surface area contributed by atoms with Crippen molar-refractivity contribution in [2.24, 2.45) is 0 Å². The van der Waals surface area contributed by atoms with Gasteiger partial charge in [-0.2, -0.15) is 0 Å². The smallest absolute Gasteiger partial charge is 0.129 e. The van der Waals surface area contributed by atoms with Crippen molar-refractivity contribution in [3.63, 3.8) is 0 Å². The molecule has 2 nitrogen and oxygen atoms in total. The molecule has 1 N–H and O–H groups in total. The molecule has 2 aromatic rings. The lowest BCUT2D eigenvalue weighted by molar-refractivity contribution is 0.699. The van der Waals surface area contributed by atoms with E-state index in [0.29, 0.717) is 5.15 Å². The number of rotatable bonds is 4. The van der Waals surface area contributed by atoms with E-state index in [4.69, 9.17) is 23.2 Å².